The summed E-state index contributed by atoms with van der Waals surface area (Å²) in [4.78, 5) is 4.38. The molecule has 2 N–H and O–H groups in total. The Kier molecular flexibility index (Phi) is 7.74. The summed E-state index contributed by atoms with van der Waals surface area (Å²) in [6.45, 7) is 6.50. The summed E-state index contributed by atoms with van der Waals surface area (Å²) in [5, 5.41) is 19.6. The molecule has 7 heteroatoms. The van der Waals surface area contributed by atoms with E-state index in [0.29, 0.717) is 16.6 Å². The monoisotopic (exact) mass is 491 g/mol. The molecule has 0 radical (unpaired) electrons. The third-order valence-corrected chi connectivity index (χ3v) is 5.34. The molecule has 0 aliphatic heterocycles. The molecular formula is C25H23BrFN5. The van der Waals surface area contributed by atoms with Gasteiger partial charge < -0.3 is 5.32 Å². The van der Waals surface area contributed by atoms with Gasteiger partial charge in [-0.15, -0.1) is 0 Å². The van der Waals surface area contributed by atoms with E-state index in [4.69, 9.17) is 5.26 Å². The van der Waals surface area contributed by atoms with Crippen LogP contribution in [-0.4, -0.2) is 15.2 Å². The van der Waals surface area contributed by atoms with Crippen LogP contribution in [0.2, 0.25) is 0 Å². The molecule has 0 aliphatic rings. The van der Waals surface area contributed by atoms with Crippen molar-refractivity contribution in [3.63, 3.8) is 0 Å². The number of hydrogen-bond acceptors (Lipinski definition) is 4. The molecule has 0 atom stereocenters. The maximum atomic E-state index is 13.4. The van der Waals surface area contributed by atoms with E-state index < -0.39 is 0 Å². The van der Waals surface area contributed by atoms with Crippen molar-refractivity contribution in [2.24, 2.45) is 0 Å². The molecule has 162 valence electrons. The van der Waals surface area contributed by atoms with E-state index in [1.165, 1.54) is 6.07 Å². The second kappa shape index (κ2) is 10.7. The zero-order valence-corrected chi connectivity index (χ0v) is 19.7. The minimum atomic E-state index is -0.306. The van der Waals surface area contributed by atoms with Crippen molar-refractivity contribution in [3.05, 3.63) is 87.9 Å². The molecule has 0 bridgehead atoms. The number of hydrogen-bond donors (Lipinski definition) is 2. The van der Waals surface area contributed by atoms with Crippen molar-refractivity contribution in [3.8, 4) is 28.5 Å². The maximum Gasteiger partial charge on any atom is 0.137 e. The van der Waals surface area contributed by atoms with Crippen LogP contribution in [0, 0.1) is 24.1 Å². The highest BCUT2D eigenvalue weighted by Gasteiger charge is 2.08. The van der Waals surface area contributed by atoms with E-state index in [2.05, 4.69) is 42.5 Å². The lowest BCUT2D eigenvalue weighted by atomic mass is 9.99. The number of rotatable bonds is 5. The Morgan fingerprint density at radius 1 is 1.06 bits per heavy atom. The largest absolute Gasteiger partial charge is 0.364 e. The number of aromatic nitrogens is 3. The van der Waals surface area contributed by atoms with Gasteiger partial charge in [-0.1, -0.05) is 19.9 Å². The highest BCUT2D eigenvalue weighted by molar-refractivity contribution is 9.10. The Bertz CT molecular complexity index is 1260. The normalized spacial score (nSPS) is 10.1. The van der Waals surface area contributed by atoms with Gasteiger partial charge in [0.2, 0.25) is 0 Å². The summed E-state index contributed by atoms with van der Waals surface area (Å²) in [7, 11) is 0. The molecule has 2 aromatic heterocycles. The van der Waals surface area contributed by atoms with Gasteiger partial charge in [-0.3, -0.25) is 5.10 Å². The lowest BCUT2D eigenvalue weighted by molar-refractivity contribution is 0.621. The topological polar surface area (TPSA) is 77.4 Å². The van der Waals surface area contributed by atoms with Crippen LogP contribution in [0.5, 0.6) is 0 Å². The van der Waals surface area contributed by atoms with Crippen molar-refractivity contribution in [2.75, 3.05) is 5.32 Å². The fraction of sp³-hybridized carbons (Fsp3) is 0.160. The quantitative estimate of drug-likeness (QED) is 0.319. The molecule has 0 saturated heterocycles. The molecule has 0 unspecified atom stereocenters. The van der Waals surface area contributed by atoms with Crippen LogP contribution in [-0.2, 0) is 6.54 Å². The van der Waals surface area contributed by atoms with Crippen LogP contribution < -0.4 is 5.32 Å². The summed E-state index contributed by atoms with van der Waals surface area (Å²) >= 11 is 3.20. The van der Waals surface area contributed by atoms with Gasteiger partial charge in [0, 0.05) is 11.8 Å². The van der Waals surface area contributed by atoms with Crippen molar-refractivity contribution < 1.29 is 4.39 Å². The van der Waals surface area contributed by atoms with E-state index in [0.717, 1.165) is 39.5 Å². The van der Waals surface area contributed by atoms with Gasteiger partial charge in [0.15, 0.2) is 0 Å². The first kappa shape index (κ1) is 23.2. The van der Waals surface area contributed by atoms with Gasteiger partial charge in [0.05, 0.1) is 34.0 Å². The number of anilines is 1. The smallest absolute Gasteiger partial charge is 0.137 e. The van der Waals surface area contributed by atoms with Gasteiger partial charge in [-0.2, -0.15) is 10.4 Å². The third-order valence-electron chi connectivity index (χ3n) is 4.73. The SMILES string of the molecule is CC.Cc1cc(C#N)ccc1-c1ccnc(NCc2cc(-c3ccc(F)c(Br)c3)n[nH]2)c1. The van der Waals surface area contributed by atoms with Gasteiger partial charge in [-0.05, 0) is 88.1 Å². The molecule has 32 heavy (non-hydrogen) atoms. The lowest BCUT2D eigenvalue weighted by Gasteiger charge is -2.09. The fourth-order valence-corrected chi connectivity index (χ4v) is 3.57. The summed E-state index contributed by atoms with van der Waals surface area (Å²) in [5.74, 6) is 0.427. The van der Waals surface area contributed by atoms with Crippen LogP contribution in [0.1, 0.15) is 30.7 Å². The van der Waals surface area contributed by atoms with Crippen LogP contribution in [0.4, 0.5) is 10.2 Å². The van der Waals surface area contributed by atoms with E-state index in [1.54, 1.807) is 18.3 Å². The van der Waals surface area contributed by atoms with Crippen molar-refractivity contribution in [1.82, 2.24) is 15.2 Å². The molecule has 0 aliphatic carbocycles. The first-order valence-electron chi connectivity index (χ1n) is 10.2. The molecule has 0 saturated carbocycles. The maximum absolute atomic E-state index is 13.4. The average Bonchev–Trinajstić information content (AvgIpc) is 3.30. The van der Waals surface area contributed by atoms with Gasteiger partial charge >= 0.3 is 0 Å². The van der Waals surface area contributed by atoms with Crippen molar-refractivity contribution >= 4 is 21.7 Å². The Labute approximate surface area is 195 Å². The number of nitrogens with zero attached hydrogens (tertiary/aromatic N) is 3. The Balaban J connectivity index is 0.00000141. The summed E-state index contributed by atoms with van der Waals surface area (Å²) in [6, 6.07) is 18.4. The second-order valence-corrected chi connectivity index (χ2v) is 7.69. The zero-order chi connectivity index (χ0) is 23.1. The number of aryl methyl sites for hydroxylation is 1. The minimum absolute atomic E-state index is 0.306. The third kappa shape index (κ3) is 5.40. The number of aromatic amines is 1. The summed E-state index contributed by atoms with van der Waals surface area (Å²) < 4.78 is 13.8. The molecule has 4 aromatic rings. The fourth-order valence-electron chi connectivity index (χ4n) is 3.19. The first-order chi connectivity index (χ1) is 15.5. The summed E-state index contributed by atoms with van der Waals surface area (Å²) in [5.41, 5.74) is 6.21. The van der Waals surface area contributed by atoms with Gasteiger partial charge in [-0.25, -0.2) is 9.37 Å². The molecule has 0 fully saturated rings. The van der Waals surface area contributed by atoms with Crippen LogP contribution in [0.15, 0.2) is 65.3 Å². The molecule has 2 aromatic carbocycles. The molecular weight excluding hydrogens is 469 g/mol. The number of nitrogens with one attached hydrogen (secondary N) is 2. The summed E-state index contributed by atoms with van der Waals surface area (Å²) in [6.07, 6.45) is 1.75. The van der Waals surface area contributed by atoms with E-state index in [1.807, 2.05) is 57.2 Å². The lowest BCUT2D eigenvalue weighted by Crippen LogP contribution is -2.01. The van der Waals surface area contributed by atoms with Gasteiger partial charge in [0.1, 0.15) is 11.6 Å². The van der Waals surface area contributed by atoms with Crippen LogP contribution >= 0.6 is 15.9 Å². The van der Waals surface area contributed by atoms with E-state index >= 15 is 0 Å². The highest BCUT2D eigenvalue weighted by Crippen LogP contribution is 2.27. The van der Waals surface area contributed by atoms with Gasteiger partial charge in [0.25, 0.3) is 0 Å². The molecule has 4 rings (SSSR count). The second-order valence-electron chi connectivity index (χ2n) is 6.83. The predicted molar refractivity (Wildman–Crippen MR) is 129 cm³/mol. The highest BCUT2D eigenvalue weighted by atomic mass is 79.9. The molecule has 0 spiro atoms. The van der Waals surface area contributed by atoms with E-state index in [-0.39, 0.29) is 5.82 Å². The molecule has 0 amide bonds. The zero-order valence-electron chi connectivity index (χ0n) is 18.1. The van der Waals surface area contributed by atoms with Crippen LogP contribution in [0.25, 0.3) is 22.4 Å². The first-order valence-corrected chi connectivity index (χ1v) is 11.0. The number of halogens is 2. The Morgan fingerprint density at radius 2 is 1.88 bits per heavy atom. The Morgan fingerprint density at radius 3 is 2.59 bits per heavy atom. The average molecular weight is 492 g/mol. The van der Waals surface area contributed by atoms with E-state index in [9.17, 15) is 4.39 Å². The predicted octanol–water partition coefficient (Wildman–Crippen LogP) is 6.86. The van der Waals surface area contributed by atoms with Crippen molar-refractivity contribution in [1.29, 1.82) is 5.26 Å². The number of nitriles is 1. The Hall–Kier alpha value is -3.50. The molecule has 2 heterocycles. The number of benzene rings is 2. The van der Waals surface area contributed by atoms with Crippen LogP contribution in [0.3, 0.4) is 0 Å². The molecule has 5 nitrogen and oxygen atoms in total. The van der Waals surface area contributed by atoms with Crippen molar-refractivity contribution in [2.45, 2.75) is 27.3 Å². The standard InChI is InChI=1S/C23H17BrFN5.C2H6/c1-14-8-15(12-26)2-4-19(14)16-6-7-27-23(10-16)28-13-18-11-22(30-29-18)17-3-5-21(25)20(24)9-17;1-2/h2-11H,13H2,1H3,(H,27,28)(H,29,30);1-2H3. The number of pyridine rings is 1. The number of H-pyrrole nitrogens is 1. The minimum Gasteiger partial charge on any atom is -0.364 e.